The number of aliphatic hydroxyl groups excluding tert-OH is 1. The summed E-state index contributed by atoms with van der Waals surface area (Å²) >= 11 is 0. The predicted octanol–water partition coefficient (Wildman–Crippen LogP) is 8.44. The van der Waals surface area contributed by atoms with E-state index in [2.05, 4.69) is 77.7 Å². The second-order valence-electron chi connectivity index (χ2n) is 11.4. The first-order valence-electron chi connectivity index (χ1n) is 14.0. The van der Waals surface area contributed by atoms with Gasteiger partial charge in [0.15, 0.2) is 5.78 Å². The van der Waals surface area contributed by atoms with Crippen LogP contribution in [0.5, 0.6) is 0 Å². The first-order valence-corrected chi connectivity index (χ1v) is 17.5. The van der Waals surface area contributed by atoms with E-state index in [1.165, 1.54) is 43.7 Å². The van der Waals surface area contributed by atoms with Crippen LogP contribution >= 0.6 is 0 Å². The van der Waals surface area contributed by atoms with Crippen LogP contribution in [0, 0.1) is 18.0 Å². The van der Waals surface area contributed by atoms with Gasteiger partial charge in [-0.3, -0.25) is 9.78 Å². The van der Waals surface area contributed by atoms with Gasteiger partial charge in [-0.1, -0.05) is 88.5 Å². The number of carbonyl (C=O) groups excluding carboxylic acids is 1. The van der Waals surface area contributed by atoms with Crippen molar-refractivity contribution in [2.45, 2.75) is 73.0 Å². The van der Waals surface area contributed by atoms with Crippen LogP contribution in [0.2, 0.25) is 19.6 Å². The standard InChI is InChI=1S/C20H17N2Si.C13H24O2.Ir/c1-23(2,3)15-11-14-7-9-21-20-18(14)17(12-15)16-6-4-5-13-8-10-22(20)19(13)16;1-5-10(6-2)12(14)9-13(15)11(7-3)8-4;/h4-9,11-12H,1-3H3;9-11,14H,5-8H2,1-4H3;/q-1;;/b;12-9-;. The number of allylic oxidation sites excluding steroid dienone is 2. The molecular weight excluding hydrogens is 677 g/mol. The van der Waals surface area contributed by atoms with Crippen LogP contribution in [0.25, 0.3) is 38.1 Å². The van der Waals surface area contributed by atoms with E-state index in [-0.39, 0.29) is 43.5 Å². The maximum absolute atomic E-state index is 11.7. The molecule has 6 heteroatoms. The Morgan fingerprint density at radius 1 is 0.974 bits per heavy atom. The molecule has 4 nitrogen and oxygen atoms in total. The Hall–Kier alpha value is -2.53. The van der Waals surface area contributed by atoms with Gasteiger partial charge in [-0.25, -0.2) is 0 Å². The second kappa shape index (κ2) is 12.8. The van der Waals surface area contributed by atoms with E-state index < -0.39 is 8.07 Å². The molecule has 3 heterocycles. The number of aromatic nitrogens is 2. The normalized spacial score (nSPS) is 12.5. The van der Waals surface area contributed by atoms with Gasteiger partial charge in [0, 0.05) is 44.2 Å². The minimum absolute atomic E-state index is 0. The summed E-state index contributed by atoms with van der Waals surface area (Å²) < 4.78 is 2.12. The van der Waals surface area contributed by atoms with Crippen molar-refractivity contribution < 1.29 is 30.0 Å². The smallest absolute Gasteiger partial charge is 0.162 e. The number of fused-ring (bicyclic) bond motifs is 2. The summed E-state index contributed by atoms with van der Waals surface area (Å²) in [4.78, 5) is 16.4. The zero-order chi connectivity index (χ0) is 27.6. The number of rotatable bonds is 8. The Morgan fingerprint density at radius 2 is 1.64 bits per heavy atom. The molecule has 1 N–H and O–H groups in total. The fourth-order valence-corrected chi connectivity index (χ4v) is 6.57. The molecule has 0 aliphatic rings. The van der Waals surface area contributed by atoms with Crippen LogP contribution < -0.4 is 5.19 Å². The number of benzene rings is 2. The zero-order valence-electron chi connectivity index (χ0n) is 24.3. The van der Waals surface area contributed by atoms with E-state index in [1.54, 1.807) is 0 Å². The zero-order valence-corrected chi connectivity index (χ0v) is 27.7. The molecule has 1 radical (unpaired) electrons. The molecule has 0 aliphatic carbocycles. The maximum atomic E-state index is 11.7. The number of hydrogen-bond donors (Lipinski definition) is 1. The van der Waals surface area contributed by atoms with Gasteiger partial charge < -0.3 is 9.51 Å². The summed E-state index contributed by atoms with van der Waals surface area (Å²) in [5, 5.41) is 17.7. The molecule has 0 spiro atoms. The minimum atomic E-state index is -1.39. The van der Waals surface area contributed by atoms with Crippen LogP contribution in [0.1, 0.15) is 53.4 Å². The number of para-hydroxylation sites is 1. The topological polar surface area (TPSA) is 54.6 Å². The summed E-state index contributed by atoms with van der Waals surface area (Å²) in [5.41, 5.74) is 2.24. The SMILES string of the molecule is CCC(CC)C(=O)/C=C(\O)C(CC)CC.C[Si](C)(C)c1cc2ccnc3c2c(c1)c1cccc2c[c-]n3c21.[Ir]. The molecule has 39 heavy (non-hydrogen) atoms. The fraction of sp³-hybridized carbons (Fsp3) is 0.394. The second-order valence-corrected chi connectivity index (χ2v) is 16.4. The van der Waals surface area contributed by atoms with Crippen molar-refractivity contribution in [2.24, 2.45) is 11.8 Å². The third-order valence-corrected chi connectivity index (χ3v) is 9.95. The molecule has 0 bridgehead atoms. The number of carbonyl (C=O) groups is 1. The Labute approximate surface area is 247 Å². The largest absolute Gasteiger partial charge is 0.512 e. The van der Waals surface area contributed by atoms with Gasteiger partial charge in [-0.05, 0) is 53.3 Å². The Kier molecular flexibility index (Phi) is 10.1. The quantitative estimate of drug-likeness (QED) is 0.0438. The van der Waals surface area contributed by atoms with E-state index in [4.69, 9.17) is 0 Å². The van der Waals surface area contributed by atoms with E-state index in [0.717, 1.165) is 31.3 Å². The summed E-state index contributed by atoms with van der Waals surface area (Å²) in [6.45, 7) is 15.3. The molecule has 0 saturated heterocycles. The number of hydrogen-bond acceptors (Lipinski definition) is 3. The van der Waals surface area contributed by atoms with Crippen molar-refractivity contribution in [2.75, 3.05) is 0 Å². The third-order valence-electron chi connectivity index (χ3n) is 7.93. The number of ketones is 1. The molecule has 0 unspecified atom stereocenters. The molecule has 2 aromatic carbocycles. The first-order chi connectivity index (χ1) is 18.1. The van der Waals surface area contributed by atoms with Crippen molar-refractivity contribution in [3.63, 3.8) is 0 Å². The summed E-state index contributed by atoms with van der Waals surface area (Å²) in [5.74, 6) is 0.547. The van der Waals surface area contributed by atoms with Crippen LogP contribution in [0.4, 0.5) is 0 Å². The van der Waals surface area contributed by atoms with Crippen LogP contribution in [-0.4, -0.2) is 28.3 Å². The molecule has 0 fully saturated rings. The number of pyridine rings is 2. The van der Waals surface area contributed by atoms with Crippen molar-refractivity contribution >= 4 is 57.1 Å². The summed E-state index contributed by atoms with van der Waals surface area (Å²) in [7, 11) is -1.39. The number of nitrogens with zero attached hydrogens (tertiary/aromatic N) is 2. The molecule has 0 atom stereocenters. The van der Waals surface area contributed by atoms with Gasteiger partial charge in [0.1, 0.15) is 0 Å². The average Bonchev–Trinajstić information content (AvgIpc) is 3.33. The van der Waals surface area contributed by atoms with Gasteiger partial charge >= 0.3 is 0 Å². The Bertz CT molecular complexity index is 1590. The maximum Gasteiger partial charge on any atom is 0.162 e. The van der Waals surface area contributed by atoms with E-state index in [9.17, 15) is 9.90 Å². The molecule has 0 amide bonds. The first kappa shape index (κ1) is 31.0. The summed E-state index contributed by atoms with van der Waals surface area (Å²) in [6.07, 6.45) is 10.2. The minimum Gasteiger partial charge on any atom is -0.512 e. The molecule has 209 valence electrons. The van der Waals surface area contributed by atoms with Gasteiger partial charge in [-0.2, -0.15) is 0 Å². The third kappa shape index (κ3) is 6.13. The average molecular weight is 718 g/mol. The van der Waals surface area contributed by atoms with Gasteiger partial charge in [-0.15, -0.1) is 17.5 Å². The van der Waals surface area contributed by atoms with Crippen LogP contribution in [0.15, 0.2) is 60.5 Å². The van der Waals surface area contributed by atoms with Crippen molar-refractivity contribution in [1.29, 1.82) is 0 Å². The van der Waals surface area contributed by atoms with E-state index in [1.807, 2.05) is 33.9 Å². The van der Waals surface area contributed by atoms with Crippen molar-refractivity contribution in [3.05, 3.63) is 66.7 Å². The van der Waals surface area contributed by atoms with Crippen molar-refractivity contribution in [3.8, 4) is 0 Å². The fourth-order valence-electron chi connectivity index (χ4n) is 5.40. The van der Waals surface area contributed by atoms with Gasteiger partial charge in [0.25, 0.3) is 0 Å². The molecule has 5 aromatic rings. The van der Waals surface area contributed by atoms with Gasteiger partial charge in [0.05, 0.1) is 19.5 Å². The monoisotopic (exact) mass is 718 g/mol. The van der Waals surface area contributed by atoms with Crippen molar-refractivity contribution in [1.82, 2.24) is 9.38 Å². The predicted molar refractivity (Wildman–Crippen MR) is 165 cm³/mol. The molecule has 0 aliphatic heterocycles. The molecule has 3 aromatic heterocycles. The van der Waals surface area contributed by atoms with Gasteiger partial charge in [0.2, 0.25) is 0 Å². The van der Waals surface area contributed by atoms with E-state index >= 15 is 0 Å². The summed E-state index contributed by atoms with van der Waals surface area (Å²) in [6, 6.07) is 15.5. The Balaban J connectivity index is 0.000000233. The Morgan fingerprint density at radius 3 is 2.26 bits per heavy atom. The molecule has 5 rings (SSSR count). The van der Waals surface area contributed by atoms with Crippen LogP contribution in [0.3, 0.4) is 0 Å². The molecule has 0 saturated carbocycles. The van der Waals surface area contributed by atoms with E-state index in [0.29, 0.717) is 0 Å². The molecular formula is C33H41IrN2O2Si-. The number of aliphatic hydroxyl groups is 1. The van der Waals surface area contributed by atoms with Crippen LogP contribution in [-0.2, 0) is 24.9 Å².